The van der Waals surface area contributed by atoms with Crippen LogP contribution in [0.5, 0.6) is 11.5 Å². The monoisotopic (exact) mass is 351 g/mol. The van der Waals surface area contributed by atoms with Gasteiger partial charge in [-0.2, -0.15) is 0 Å². The summed E-state index contributed by atoms with van der Waals surface area (Å²) in [6, 6.07) is 8.30. The van der Waals surface area contributed by atoms with Gasteiger partial charge in [0.15, 0.2) is 11.5 Å². The second-order valence-corrected chi connectivity index (χ2v) is 6.87. The number of pyridine rings is 1. The lowest BCUT2D eigenvalue weighted by molar-refractivity contribution is 0.355. The molecule has 0 bridgehead atoms. The Kier molecular flexibility index (Phi) is 4.55. The molecule has 0 aliphatic carbocycles. The number of piperidine rings is 1. The van der Waals surface area contributed by atoms with Gasteiger partial charge < -0.3 is 19.4 Å². The summed E-state index contributed by atoms with van der Waals surface area (Å²) in [7, 11) is 5.41. The van der Waals surface area contributed by atoms with Crippen LogP contribution in [0.2, 0.25) is 0 Å². The van der Waals surface area contributed by atoms with E-state index in [4.69, 9.17) is 14.5 Å². The highest BCUT2D eigenvalue weighted by Gasteiger charge is 2.19. The predicted molar refractivity (Wildman–Crippen MR) is 104 cm³/mol. The summed E-state index contributed by atoms with van der Waals surface area (Å²) >= 11 is 0. The third-order valence-electron chi connectivity index (χ3n) is 5.35. The van der Waals surface area contributed by atoms with Gasteiger partial charge in [-0.25, -0.2) is 0 Å². The van der Waals surface area contributed by atoms with E-state index in [2.05, 4.69) is 35.3 Å². The van der Waals surface area contributed by atoms with E-state index >= 15 is 0 Å². The number of hydrogen-bond acceptors (Lipinski definition) is 4. The van der Waals surface area contributed by atoms with Gasteiger partial charge in [0.2, 0.25) is 0 Å². The molecule has 26 heavy (non-hydrogen) atoms. The van der Waals surface area contributed by atoms with Crippen molar-refractivity contribution in [1.29, 1.82) is 0 Å². The fraction of sp³-hybridized carbons (Fsp3) is 0.381. The highest BCUT2D eigenvalue weighted by molar-refractivity contribution is 5.96. The zero-order valence-electron chi connectivity index (χ0n) is 15.6. The molecule has 0 radical (unpaired) electrons. The van der Waals surface area contributed by atoms with Crippen molar-refractivity contribution in [2.45, 2.75) is 18.8 Å². The van der Waals surface area contributed by atoms with Crippen LogP contribution in [0.15, 0.2) is 36.7 Å². The molecule has 1 N–H and O–H groups in total. The van der Waals surface area contributed by atoms with Gasteiger partial charge in [0.25, 0.3) is 0 Å². The van der Waals surface area contributed by atoms with Crippen molar-refractivity contribution in [3.63, 3.8) is 0 Å². The van der Waals surface area contributed by atoms with Crippen molar-refractivity contribution in [3.8, 4) is 22.6 Å². The Morgan fingerprint density at radius 3 is 2.58 bits per heavy atom. The number of hydrogen-bond donors (Lipinski definition) is 1. The molecule has 0 unspecified atom stereocenters. The zero-order valence-corrected chi connectivity index (χ0v) is 15.6. The normalized spacial score (nSPS) is 15.3. The first-order valence-electron chi connectivity index (χ1n) is 9.09. The van der Waals surface area contributed by atoms with Crippen molar-refractivity contribution < 1.29 is 9.47 Å². The van der Waals surface area contributed by atoms with Crippen LogP contribution < -0.4 is 14.8 Å². The lowest BCUT2D eigenvalue weighted by Crippen LogP contribution is -2.27. The van der Waals surface area contributed by atoms with Gasteiger partial charge in [0.1, 0.15) is 0 Å². The number of aryl methyl sites for hydroxylation is 1. The predicted octanol–water partition coefficient (Wildman–Crippen LogP) is 3.72. The summed E-state index contributed by atoms with van der Waals surface area (Å²) in [6.07, 6.45) is 6.51. The first-order chi connectivity index (χ1) is 12.7. The number of nitrogens with one attached hydrogen (secondary N) is 1. The van der Waals surface area contributed by atoms with Crippen LogP contribution in [-0.4, -0.2) is 36.9 Å². The average molecular weight is 351 g/mol. The molecule has 2 aromatic heterocycles. The molecule has 0 atom stereocenters. The molecule has 3 aromatic rings. The zero-order chi connectivity index (χ0) is 18.1. The van der Waals surface area contributed by atoms with E-state index in [1.165, 1.54) is 11.2 Å². The highest BCUT2D eigenvalue weighted by Crippen LogP contribution is 2.37. The smallest absolute Gasteiger partial charge is 0.161 e. The van der Waals surface area contributed by atoms with E-state index in [9.17, 15) is 0 Å². The van der Waals surface area contributed by atoms with Gasteiger partial charge in [-0.1, -0.05) is 6.07 Å². The second kappa shape index (κ2) is 7.00. The molecule has 4 rings (SSSR count). The van der Waals surface area contributed by atoms with Crippen LogP contribution in [0.25, 0.3) is 22.0 Å². The van der Waals surface area contributed by atoms with Gasteiger partial charge in [0, 0.05) is 42.0 Å². The Morgan fingerprint density at radius 2 is 1.85 bits per heavy atom. The number of aromatic nitrogens is 2. The minimum absolute atomic E-state index is 0.556. The largest absolute Gasteiger partial charge is 0.493 e. The fourth-order valence-electron chi connectivity index (χ4n) is 3.87. The number of nitrogens with zero attached hydrogens (tertiary/aromatic N) is 2. The lowest BCUT2D eigenvalue weighted by Gasteiger charge is -2.22. The number of methoxy groups -OCH3 is 2. The third kappa shape index (κ3) is 2.92. The van der Waals surface area contributed by atoms with E-state index in [1.54, 1.807) is 14.2 Å². The fourth-order valence-corrected chi connectivity index (χ4v) is 3.87. The van der Waals surface area contributed by atoms with Gasteiger partial charge in [-0.05, 0) is 49.7 Å². The molecule has 1 aliphatic rings. The molecular formula is C21H25N3O2. The van der Waals surface area contributed by atoms with E-state index in [1.807, 2.05) is 18.3 Å². The summed E-state index contributed by atoms with van der Waals surface area (Å²) in [4.78, 5) is 4.81. The molecule has 5 nitrogen and oxygen atoms in total. The maximum Gasteiger partial charge on any atom is 0.161 e. The topological polar surface area (TPSA) is 48.3 Å². The highest BCUT2D eigenvalue weighted by atomic mass is 16.5. The third-order valence-corrected chi connectivity index (χ3v) is 5.35. The van der Waals surface area contributed by atoms with Gasteiger partial charge in [-0.15, -0.1) is 0 Å². The maximum absolute atomic E-state index is 5.46. The molecular weight excluding hydrogens is 326 g/mol. The molecule has 136 valence electrons. The molecule has 3 heterocycles. The number of benzene rings is 1. The first kappa shape index (κ1) is 16.9. The summed E-state index contributed by atoms with van der Waals surface area (Å²) in [5, 5.41) is 4.59. The van der Waals surface area contributed by atoms with Crippen molar-refractivity contribution in [2.75, 3.05) is 27.3 Å². The van der Waals surface area contributed by atoms with Crippen LogP contribution >= 0.6 is 0 Å². The van der Waals surface area contributed by atoms with Crippen LogP contribution in [0, 0.1) is 0 Å². The van der Waals surface area contributed by atoms with E-state index in [0.29, 0.717) is 5.92 Å². The maximum atomic E-state index is 5.46. The summed E-state index contributed by atoms with van der Waals surface area (Å²) in [5.74, 6) is 2.03. The molecule has 1 aliphatic heterocycles. The minimum atomic E-state index is 0.556. The number of fused-ring (bicyclic) bond motifs is 1. The van der Waals surface area contributed by atoms with Crippen LogP contribution in [0.3, 0.4) is 0 Å². The summed E-state index contributed by atoms with van der Waals surface area (Å²) in [6.45, 7) is 2.16. The van der Waals surface area contributed by atoms with Crippen molar-refractivity contribution in [3.05, 3.63) is 42.4 Å². The number of ether oxygens (including phenoxy) is 2. The minimum Gasteiger partial charge on any atom is -0.493 e. The van der Waals surface area contributed by atoms with Crippen LogP contribution in [0.4, 0.5) is 0 Å². The van der Waals surface area contributed by atoms with Crippen molar-refractivity contribution >= 4 is 10.9 Å². The van der Waals surface area contributed by atoms with Crippen molar-refractivity contribution in [1.82, 2.24) is 14.9 Å². The molecule has 0 saturated carbocycles. The Labute approximate surface area is 153 Å². The number of rotatable bonds is 4. The quantitative estimate of drug-likeness (QED) is 0.778. The van der Waals surface area contributed by atoms with Crippen LogP contribution in [0.1, 0.15) is 24.5 Å². The molecule has 1 saturated heterocycles. The molecule has 1 fully saturated rings. The van der Waals surface area contributed by atoms with Gasteiger partial charge in [-0.3, -0.25) is 4.98 Å². The second-order valence-electron chi connectivity index (χ2n) is 6.87. The summed E-state index contributed by atoms with van der Waals surface area (Å²) in [5.41, 5.74) is 4.69. The van der Waals surface area contributed by atoms with E-state index in [0.717, 1.165) is 53.9 Å². The van der Waals surface area contributed by atoms with E-state index < -0.39 is 0 Å². The van der Waals surface area contributed by atoms with Gasteiger partial charge >= 0.3 is 0 Å². The van der Waals surface area contributed by atoms with Gasteiger partial charge in [0.05, 0.1) is 19.7 Å². The Balaban J connectivity index is 1.77. The first-order valence-corrected chi connectivity index (χ1v) is 9.09. The van der Waals surface area contributed by atoms with E-state index in [-0.39, 0.29) is 0 Å². The molecule has 1 aromatic carbocycles. The lowest BCUT2D eigenvalue weighted by atomic mass is 9.93. The Bertz CT molecular complexity index is 926. The van der Waals surface area contributed by atoms with Crippen LogP contribution in [-0.2, 0) is 7.05 Å². The standard InChI is InChI=1S/C21H25N3O2/c1-24-13-17(15-4-5-20(25-2)21(10-15)26-3)16-12-23-18(11-19(16)24)14-6-8-22-9-7-14/h4-5,10-14,22H,6-9H2,1-3H3. The van der Waals surface area contributed by atoms with Crippen molar-refractivity contribution in [2.24, 2.45) is 7.05 Å². The Morgan fingerprint density at radius 1 is 1.08 bits per heavy atom. The SMILES string of the molecule is COc1ccc(-c2cn(C)c3cc(C4CCNCC4)ncc23)cc1OC. The molecule has 5 heteroatoms. The molecule has 0 spiro atoms. The summed E-state index contributed by atoms with van der Waals surface area (Å²) < 4.78 is 13.0. The Hall–Kier alpha value is -2.53. The molecule has 0 amide bonds. The average Bonchev–Trinajstić information content (AvgIpc) is 3.04.